The van der Waals surface area contributed by atoms with Gasteiger partial charge in [0.1, 0.15) is 0 Å². The highest BCUT2D eigenvalue weighted by Crippen LogP contribution is 2.29. The van der Waals surface area contributed by atoms with Crippen LogP contribution in [0.4, 0.5) is 5.69 Å². The van der Waals surface area contributed by atoms with Crippen LogP contribution in [0.5, 0.6) is 11.5 Å². The van der Waals surface area contributed by atoms with Crippen molar-refractivity contribution in [2.24, 2.45) is 0 Å². The number of benzene rings is 2. The highest BCUT2D eigenvalue weighted by molar-refractivity contribution is 5.91. The van der Waals surface area contributed by atoms with Crippen LogP contribution < -0.4 is 14.8 Å². The van der Waals surface area contributed by atoms with Crippen LogP contribution in [0.1, 0.15) is 49.8 Å². The van der Waals surface area contributed by atoms with E-state index in [2.05, 4.69) is 19.2 Å². The quantitative estimate of drug-likeness (QED) is 0.566. The second-order valence-corrected chi connectivity index (χ2v) is 6.76. The first-order valence-corrected chi connectivity index (χ1v) is 9.79. The Morgan fingerprint density at radius 3 is 2.48 bits per heavy atom. The minimum absolute atomic E-state index is 0.0134. The van der Waals surface area contributed by atoms with Crippen molar-refractivity contribution < 1.29 is 14.3 Å². The number of amides is 1. The molecular weight excluding hydrogens is 338 g/mol. The van der Waals surface area contributed by atoms with Gasteiger partial charge in [-0.05, 0) is 74.6 Å². The number of ether oxygens (including phenoxy) is 2. The Labute approximate surface area is 162 Å². The molecule has 0 spiro atoms. The van der Waals surface area contributed by atoms with Crippen molar-refractivity contribution in [1.82, 2.24) is 0 Å². The van der Waals surface area contributed by atoms with Crippen LogP contribution in [-0.2, 0) is 11.2 Å². The lowest BCUT2D eigenvalue weighted by Crippen LogP contribution is -2.12. The predicted molar refractivity (Wildman–Crippen MR) is 111 cm³/mol. The summed E-state index contributed by atoms with van der Waals surface area (Å²) in [5.74, 6) is 1.54. The Morgan fingerprint density at radius 1 is 0.963 bits per heavy atom. The molecule has 0 saturated carbocycles. The van der Waals surface area contributed by atoms with E-state index in [0.29, 0.717) is 26.1 Å². The minimum atomic E-state index is 0.0134. The van der Waals surface area contributed by atoms with Crippen LogP contribution in [0.25, 0.3) is 0 Å². The van der Waals surface area contributed by atoms with Crippen molar-refractivity contribution in [3.8, 4) is 11.5 Å². The van der Waals surface area contributed by atoms with Crippen LogP contribution >= 0.6 is 0 Å². The molecule has 1 amide bonds. The third kappa shape index (κ3) is 6.63. The summed E-state index contributed by atoms with van der Waals surface area (Å²) in [4.78, 5) is 12.3. The molecule has 4 heteroatoms. The zero-order chi connectivity index (χ0) is 19.6. The fourth-order valence-corrected chi connectivity index (χ4v) is 2.72. The first-order valence-electron chi connectivity index (χ1n) is 9.79. The third-order valence-electron chi connectivity index (χ3n) is 4.49. The Balaban J connectivity index is 1.94. The van der Waals surface area contributed by atoms with E-state index in [4.69, 9.17) is 9.47 Å². The molecule has 1 N–H and O–H groups in total. The van der Waals surface area contributed by atoms with Crippen LogP contribution in [0, 0.1) is 13.8 Å². The van der Waals surface area contributed by atoms with E-state index in [9.17, 15) is 4.79 Å². The molecule has 146 valence electrons. The zero-order valence-corrected chi connectivity index (χ0v) is 16.9. The molecule has 0 saturated heterocycles. The monoisotopic (exact) mass is 369 g/mol. The number of hydrogen-bond acceptors (Lipinski definition) is 3. The number of rotatable bonds is 10. The molecule has 0 bridgehead atoms. The second kappa shape index (κ2) is 10.6. The summed E-state index contributed by atoms with van der Waals surface area (Å²) >= 11 is 0. The summed E-state index contributed by atoms with van der Waals surface area (Å²) in [5, 5.41) is 2.97. The highest BCUT2D eigenvalue weighted by Gasteiger charge is 2.09. The van der Waals surface area contributed by atoms with E-state index in [1.165, 1.54) is 11.1 Å². The maximum atomic E-state index is 12.3. The molecule has 0 unspecified atom stereocenters. The summed E-state index contributed by atoms with van der Waals surface area (Å²) in [6.07, 6.45) is 3.20. The van der Waals surface area contributed by atoms with Crippen molar-refractivity contribution in [3.63, 3.8) is 0 Å². The van der Waals surface area contributed by atoms with E-state index in [-0.39, 0.29) is 5.91 Å². The summed E-state index contributed by atoms with van der Waals surface area (Å²) in [6, 6.07) is 11.9. The van der Waals surface area contributed by atoms with Gasteiger partial charge in [0, 0.05) is 12.1 Å². The van der Waals surface area contributed by atoms with Crippen LogP contribution in [0.3, 0.4) is 0 Å². The molecule has 4 nitrogen and oxygen atoms in total. The molecular formula is C23H31NO3. The maximum Gasteiger partial charge on any atom is 0.224 e. The zero-order valence-electron chi connectivity index (χ0n) is 16.9. The Kier molecular flexibility index (Phi) is 8.18. The summed E-state index contributed by atoms with van der Waals surface area (Å²) in [6.45, 7) is 9.48. The molecule has 2 aromatic rings. The van der Waals surface area contributed by atoms with E-state index in [0.717, 1.165) is 35.6 Å². The predicted octanol–water partition coefficient (Wildman–Crippen LogP) is 5.45. The number of nitrogens with one attached hydrogen (secondary N) is 1. The fraction of sp³-hybridized carbons (Fsp3) is 0.435. The first kappa shape index (κ1) is 20.8. The smallest absolute Gasteiger partial charge is 0.224 e. The SMILES string of the molecule is CCCCOc1ccc(CCC(=O)Nc2ccc(C)c(C)c2)cc1OCC. The van der Waals surface area contributed by atoms with Gasteiger partial charge in [-0.2, -0.15) is 0 Å². The summed E-state index contributed by atoms with van der Waals surface area (Å²) in [7, 11) is 0. The number of anilines is 1. The molecule has 2 rings (SSSR count). The molecule has 0 radical (unpaired) electrons. The highest BCUT2D eigenvalue weighted by atomic mass is 16.5. The Hall–Kier alpha value is -2.49. The van der Waals surface area contributed by atoms with Crippen molar-refractivity contribution >= 4 is 11.6 Å². The molecule has 2 aromatic carbocycles. The Bertz CT molecular complexity index is 755. The van der Waals surface area contributed by atoms with Crippen LogP contribution in [0.2, 0.25) is 0 Å². The van der Waals surface area contributed by atoms with Gasteiger partial charge >= 0.3 is 0 Å². The topological polar surface area (TPSA) is 47.6 Å². The number of hydrogen-bond donors (Lipinski definition) is 1. The molecule has 0 fully saturated rings. The van der Waals surface area contributed by atoms with Gasteiger partial charge in [-0.1, -0.05) is 25.5 Å². The van der Waals surface area contributed by atoms with Crippen LogP contribution in [0.15, 0.2) is 36.4 Å². The fourth-order valence-electron chi connectivity index (χ4n) is 2.72. The van der Waals surface area contributed by atoms with E-state index in [1.54, 1.807) is 0 Å². The molecule has 0 aliphatic carbocycles. The number of unbranched alkanes of at least 4 members (excludes halogenated alkanes) is 1. The van der Waals surface area contributed by atoms with Crippen molar-refractivity contribution in [1.29, 1.82) is 0 Å². The lowest BCUT2D eigenvalue weighted by Gasteiger charge is -2.13. The molecule has 0 atom stereocenters. The number of carbonyl (C=O) groups is 1. The number of aryl methyl sites for hydroxylation is 3. The van der Waals surface area contributed by atoms with Crippen molar-refractivity contribution in [2.45, 2.75) is 53.4 Å². The molecule has 0 aliphatic rings. The molecule has 0 aromatic heterocycles. The lowest BCUT2D eigenvalue weighted by molar-refractivity contribution is -0.116. The van der Waals surface area contributed by atoms with E-state index < -0.39 is 0 Å². The van der Waals surface area contributed by atoms with Gasteiger partial charge in [0.05, 0.1) is 13.2 Å². The first-order chi connectivity index (χ1) is 13.0. The standard InChI is InChI=1S/C23H31NO3/c1-5-7-14-27-21-12-9-19(16-22(21)26-6-2)10-13-23(25)24-20-11-8-17(3)18(4)15-20/h8-9,11-12,15-16H,5-7,10,13-14H2,1-4H3,(H,24,25). The summed E-state index contributed by atoms with van der Waals surface area (Å²) < 4.78 is 11.5. The Morgan fingerprint density at radius 2 is 1.78 bits per heavy atom. The molecule has 27 heavy (non-hydrogen) atoms. The third-order valence-corrected chi connectivity index (χ3v) is 4.49. The normalized spacial score (nSPS) is 10.5. The summed E-state index contributed by atoms with van der Waals surface area (Å²) in [5.41, 5.74) is 4.31. The van der Waals surface area contributed by atoms with Gasteiger partial charge in [0.15, 0.2) is 11.5 Å². The average Bonchev–Trinajstić information content (AvgIpc) is 2.65. The average molecular weight is 370 g/mol. The largest absolute Gasteiger partial charge is 0.490 e. The van der Waals surface area contributed by atoms with Gasteiger partial charge in [-0.15, -0.1) is 0 Å². The van der Waals surface area contributed by atoms with E-state index in [1.807, 2.05) is 50.2 Å². The number of carbonyl (C=O) groups excluding carboxylic acids is 1. The van der Waals surface area contributed by atoms with Crippen molar-refractivity contribution in [2.75, 3.05) is 18.5 Å². The van der Waals surface area contributed by atoms with Crippen LogP contribution in [-0.4, -0.2) is 19.1 Å². The molecule has 0 heterocycles. The van der Waals surface area contributed by atoms with Gasteiger partial charge < -0.3 is 14.8 Å². The van der Waals surface area contributed by atoms with Gasteiger partial charge in [-0.25, -0.2) is 0 Å². The molecule has 0 aliphatic heterocycles. The maximum absolute atomic E-state index is 12.3. The van der Waals surface area contributed by atoms with E-state index >= 15 is 0 Å². The minimum Gasteiger partial charge on any atom is -0.490 e. The second-order valence-electron chi connectivity index (χ2n) is 6.76. The van der Waals surface area contributed by atoms with Gasteiger partial charge in [0.2, 0.25) is 5.91 Å². The lowest BCUT2D eigenvalue weighted by atomic mass is 10.1. The van der Waals surface area contributed by atoms with Gasteiger partial charge in [-0.3, -0.25) is 4.79 Å². The van der Waals surface area contributed by atoms with Crippen molar-refractivity contribution in [3.05, 3.63) is 53.1 Å². The van der Waals surface area contributed by atoms with Gasteiger partial charge in [0.25, 0.3) is 0 Å².